The van der Waals surface area contributed by atoms with E-state index in [2.05, 4.69) is 0 Å². The van der Waals surface area contributed by atoms with Gasteiger partial charge in [-0.15, -0.1) is 0 Å². The molecule has 0 unspecified atom stereocenters. The van der Waals surface area contributed by atoms with Crippen molar-refractivity contribution in [2.24, 2.45) is 0 Å². The highest BCUT2D eigenvalue weighted by molar-refractivity contribution is 8.21. The summed E-state index contributed by atoms with van der Waals surface area (Å²) >= 11 is 5.36. The minimum absolute atomic E-state index is 0.398. The number of rotatable bonds is 4. The van der Waals surface area contributed by atoms with Gasteiger partial charge in [0.05, 0.1) is 6.61 Å². The molecular weight excluding hydrogens is 243 g/mol. The van der Waals surface area contributed by atoms with Gasteiger partial charge >= 0.3 is 0 Å². The van der Waals surface area contributed by atoms with Crippen molar-refractivity contribution in [1.82, 2.24) is 0 Å². The van der Waals surface area contributed by atoms with Gasteiger partial charge in [0.1, 0.15) is 5.75 Å². The number of benzene rings is 1. The Bertz CT molecular complexity index is 342. The molecule has 0 heterocycles. The third kappa shape index (κ3) is 2.80. The predicted octanol–water partition coefficient (Wildman–Crippen LogP) is 3.71. The molecule has 1 aromatic rings. The van der Waals surface area contributed by atoms with Gasteiger partial charge in [0, 0.05) is 10.5 Å². The lowest BCUT2D eigenvalue weighted by atomic mass is 10.2. The fourth-order valence-corrected chi connectivity index (χ4v) is 1.99. The van der Waals surface area contributed by atoms with Crippen LogP contribution in [0.25, 0.3) is 0 Å². The Kier molecular flexibility index (Phi) is 4.58. The summed E-state index contributed by atoms with van der Waals surface area (Å²) < 4.78 is 5.26. The molecule has 5 heteroatoms. The maximum atomic E-state index is 10.9. The van der Waals surface area contributed by atoms with Crippen LogP contribution >= 0.6 is 33.3 Å². The molecule has 1 aromatic carbocycles. The van der Waals surface area contributed by atoms with E-state index in [0.717, 1.165) is 11.0 Å². The quantitative estimate of drug-likeness (QED) is 0.763. The van der Waals surface area contributed by atoms with Crippen LogP contribution in [-0.2, 0) is 0 Å². The van der Waals surface area contributed by atoms with Crippen LogP contribution in [0.2, 0.25) is 0 Å². The molecule has 0 spiro atoms. The fraction of sp³-hybridized carbons (Fsp3) is 0.222. The first kappa shape index (κ1) is 11.7. The van der Waals surface area contributed by atoms with Crippen molar-refractivity contribution in [3.05, 3.63) is 23.8 Å². The van der Waals surface area contributed by atoms with Gasteiger partial charge in [-0.25, -0.2) is 0 Å². The second-order valence-electron chi connectivity index (χ2n) is 2.44. The zero-order chi connectivity index (χ0) is 10.6. The fourth-order valence-electron chi connectivity index (χ4n) is 0.985. The maximum Gasteiger partial charge on any atom is 0.253 e. The van der Waals surface area contributed by atoms with Gasteiger partial charge in [-0.05, 0) is 58.4 Å². The second kappa shape index (κ2) is 5.49. The van der Waals surface area contributed by atoms with Gasteiger partial charge in [-0.3, -0.25) is 4.79 Å². The Morgan fingerprint density at radius 2 is 2.29 bits per heavy atom. The number of hydrogen-bond donors (Lipinski definition) is 0. The van der Waals surface area contributed by atoms with Crippen LogP contribution < -0.4 is 4.74 Å². The number of carbonyl (C=O) groups is 1. The van der Waals surface area contributed by atoms with E-state index in [0.29, 0.717) is 22.8 Å². The van der Waals surface area contributed by atoms with Gasteiger partial charge in [-0.2, -0.15) is 0 Å². The monoisotopic (exact) mass is 250 g/mol. The van der Waals surface area contributed by atoms with Crippen molar-refractivity contribution in [2.75, 3.05) is 6.61 Å². The Labute approximate surface area is 96.0 Å². The zero-order valence-corrected chi connectivity index (χ0v) is 9.75. The molecule has 0 aromatic heterocycles. The van der Waals surface area contributed by atoms with Crippen LogP contribution in [-0.4, -0.2) is 11.8 Å². The lowest BCUT2D eigenvalue weighted by molar-refractivity contribution is 0.107. The SMILES string of the molecule is CCOc1ccc(C(=O)Cl)c(SCl)c1. The molecule has 0 aliphatic carbocycles. The first-order valence-electron chi connectivity index (χ1n) is 3.94. The normalized spacial score (nSPS) is 9.93. The molecule has 0 amide bonds. The molecule has 0 atom stereocenters. The molecule has 0 N–H and O–H groups in total. The third-order valence-electron chi connectivity index (χ3n) is 1.56. The van der Waals surface area contributed by atoms with Crippen LogP contribution in [0.1, 0.15) is 17.3 Å². The summed E-state index contributed by atoms with van der Waals surface area (Å²) in [7, 11) is 6.55. The van der Waals surface area contributed by atoms with Gasteiger partial charge in [0.25, 0.3) is 5.24 Å². The van der Waals surface area contributed by atoms with Crippen LogP contribution in [0.4, 0.5) is 0 Å². The summed E-state index contributed by atoms with van der Waals surface area (Å²) in [4.78, 5) is 11.6. The standard InChI is InChI=1S/C9H8Cl2O2S/c1-2-13-6-3-4-7(9(10)12)8(5-6)14-11/h3-5H,2H2,1H3. The molecule has 76 valence electrons. The van der Waals surface area contributed by atoms with Gasteiger partial charge < -0.3 is 4.74 Å². The van der Waals surface area contributed by atoms with Crippen LogP contribution in [0.15, 0.2) is 23.1 Å². The van der Waals surface area contributed by atoms with E-state index in [-0.39, 0.29) is 0 Å². The minimum Gasteiger partial charge on any atom is -0.494 e. The second-order valence-corrected chi connectivity index (χ2v) is 3.84. The lowest BCUT2D eigenvalue weighted by Crippen LogP contribution is -1.95. The van der Waals surface area contributed by atoms with Crippen molar-refractivity contribution in [1.29, 1.82) is 0 Å². The molecule has 0 saturated heterocycles. The molecule has 0 saturated carbocycles. The van der Waals surface area contributed by atoms with E-state index in [1.165, 1.54) is 0 Å². The lowest BCUT2D eigenvalue weighted by Gasteiger charge is -2.06. The maximum absolute atomic E-state index is 10.9. The molecule has 0 fully saturated rings. The summed E-state index contributed by atoms with van der Waals surface area (Å²) in [6.07, 6.45) is 0. The minimum atomic E-state index is -0.517. The summed E-state index contributed by atoms with van der Waals surface area (Å²) in [5.41, 5.74) is 0.398. The van der Waals surface area contributed by atoms with Gasteiger partial charge in [-0.1, -0.05) is 0 Å². The van der Waals surface area contributed by atoms with Crippen LogP contribution in [0.3, 0.4) is 0 Å². The molecule has 0 aliphatic heterocycles. The summed E-state index contributed by atoms with van der Waals surface area (Å²) in [5.74, 6) is 0.678. The summed E-state index contributed by atoms with van der Waals surface area (Å²) in [5, 5.41) is -0.517. The molecular formula is C9H8Cl2O2S. The molecule has 1 rings (SSSR count). The summed E-state index contributed by atoms with van der Waals surface area (Å²) in [6, 6.07) is 4.98. The Hall–Kier alpha value is -0.380. The van der Waals surface area contributed by atoms with Crippen LogP contribution in [0, 0.1) is 0 Å². The van der Waals surface area contributed by atoms with E-state index in [1.807, 2.05) is 6.92 Å². The molecule has 0 radical (unpaired) electrons. The number of halogens is 2. The first-order chi connectivity index (χ1) is 6.69. The van der Waals surface area contributed by atoms with Crippen molar-refractivity contribution in [3.63, 3.8) is 0 Å². The molecule has 0 aliphatic rings. The molecule has 2 nitrogen and oxygen atoms in total. The topological polar surface area (TPSA) is 26.3 Å². The summed E-state index contributed by atoms with van der Waals surface area (Å²) in [6.45, 7) is 2.45. The first-order valence-corrected chi connectivity index (χ1v) is 5.96. The van der Waals surface area contributed by atoms with E-state index >= 15 is 0 Å². The largest absolute Gasteiger partial charge is 0.494 e. The highest BCUT2D eigenvalue weighted by Gasteiger charge is 2.10. The van der Waals surface area contributed by atoms with Crippen molar-refractivity contribution in [2.45, 2.75) is 11.8 Å². The number of ether oxygens (including phenoxy) is 1. The Morgan fingerprint density at radius 3 is 2.79 bits per heavy atom. The van der Waals surface area contributed by atoms with E-state index < -0.39 is 5.24 Å². The van der Waals surface area contributed by atoms with E-state index in [4.69, 9.17) is 27.0 Å². The van der Waals surface area contributed by atoms with Crippen molar-refractivity contribution >= 4 is 38.5 Å². The Balaban J connectivity index is 3.05. The molecule has 14 heavy (non-hydrogen) atoms. The smallest absolute Gasteiger partial charge is 0.253 e. The van der Waals surface area contributed by atoms with E-state index in [9.17, 15) is 4.79 Å². The van der Waals surface area contributed by atoms with Crippen molar-refractivity contribution in [3.8, 4) is 5.75 Å². The zero-order valence-electron chi connectivity index (χ0n) is 7.42. The van der Waals surface area contributed by atoms with Gasteiger partial charge in [0.2, 0.25) is 0 Å². The number of carbonyl (C=O) groups excluding carboxylic acids is 1. The average molecular weight is 251 g/mol. The Morgan fingerprint density at radius 1 is 1.57 bits per heavy atom. The van der Waals surface area contributed by atoms with Crippen molar-refractivity contribution < 1.29 is 9.53 Å². The average Bonchev–Trinajstić information content (AvgIpc) is 2.17. The number of hydrogen-bond acceptors (Lipinski definition) is 3. The molecule has 0 bridgehead atoms. The highest BCUT2D eigenvalue weighted by atomic mass is 35.7. The third-order valence-corrected chi connectivity index (χ3v) is 2.77. The highest BCUT2D eigenvalue weighted by Crippen LogP contribution is 2.30. The van der Waals surface area contributed by atoms with Crippen LogP contribution in [0.5, 0.6) is 5.75 Å². The predicted molar refractivity (Wildman–Crippen MR) is 59.5 cm³/mol. The van der Waals surface area contributed by atoms with E-state index in [1.54, 1.807) is 18.2 Å². The van der Waals surface area contributed by atoms with Gasteiger partial charge in [0.15, 0.2) is 0 Å².